The molecule has 1 N–H and O–H groups in total. The van der Waals surface area contributed by atoms with Crippen molar-refractivity contribution in [1.29, 1.82) is 0 Å². The average Bonchev–Trinajstić information content (AvgIpc) is 2.67. The quantitative estimate of drug-likeness (QED) is 0.771. The number of fused-ring (bicyclic) bond motifs is 1. The Kier molecular flexibility index (Phi) is 2.72. The van der Waals surface area contributed by atoms with E-state index in [0.717, 1.165) is 17.9 Å². The Morgan fingerprint density at radius 1 is 1.60 bits per heavy atom. The molecule has 0 bridgehead atoms. The minimum Gasteiger partial charge on any atom is -0.368 e. The first kappa shape index (κ1) is 9.77. The van der Waals surface area contributed by atoms with Crippen LogP contribution in [0.4, 0.5) is 5.82 Å². The summed E-state index contributed by atoms with van der Waals surface area (Å²) in [7, 11) is 0. The summed E-state index contributed by atoms with van der Waals surface area (Å²) in [6, 6.07) is 6.43. The molecule has 2 heterocycles. The fourth-order valence-corrected chi connectivity index (χ4v) is 1.63. The van der Waals surface area contributed by atoms with Gasteiger partial charge in [-0.3, -0.25) is 4.40 Å². The maximum Gasteiger partial charge on any atom is 0.138 e. The Balaban J connectivity index is 2.27. The number of hydrogen-bond donors (Lipinski definition) is 1. The maximum atomic E-state index is 4.24. The van der Waals surface area contributed by atoms with Gasteiger partial charge in [-0.1, -0.05) is 12.1 Å². The Morgan fingerprint density at radius 3 is 3.27 bits per heavy atom. The van der Waals surface area contributed by atoms with Gasteiger partial charge >= 0.3 is 0 Å². The van der Waals surface area contributed by atoms with Crippen molar-refractivity contribution in [2.45, 2.75) is 19.4 Å². The highest BCUT2D eigenvalue weighted by atomic mass is 15.1. The Hall–Kier alpha value is -1.77. The number of pyridine rings is 1. The van der Waals surface area contributed by atoms with Gasteiger partial charge in [-0.05, 0) is 25.5 Å². The summed E-state index contributed by atoms with van der Waals surface area (Å²) in [6.45, 7) is 5.87. The standard InChI is InChI=1S/C12H15N3/c1-3-5-10(2)14-12-7-4-6-11-13-8-9-15(11)12/h3-4,6-10,14H,1,5H2,2H3. The van der Waals surface area contributed by atoms with E-state index >= 15 is 0 Å². The van der Waals surface area contributed by atoms with Crippen LogP contribution in [0.1, 0.15) is 13.3 Å². The van der Waals surface area contributed by atoms with E-state index < -0.39 is 0 Å². The van der Waals surface area contributed by atoms with E-state index in [-0.39, 0.29) is 0 Å². The number of rotatable bonds is 4. The topological polar surface area (TPSA) is 29.3 Å². The second-order valence-corrected chi connectivity index (χ2v) is 3.64. The number of aromatic nitrogens is 2. The molecule has 2 rings (SSSR count). The van der Waals surface area contributed by atoms with Gasteiger partial charge in [0.2, 0.25) is 0 Å². The zero-order valence-corrected chi connectivity index (χ0v) is 8.85. The molecule has 0 radical (unpaired) electrons. The molecule has 3 nitrogen and oxygen atoms in total. The van der Waals surface area contributed by atoms with Crippen molar-refractivity contribution in [2.75, 3.05) is 5.32 Å². The van der Waals surface area contributed by atoms with Crippen LogP contribution in [-0.2, 0) is 0 Å². The van der Waals surface area contributed by atoms with Crippen molar-refractivity contribution < 1.29 is 0 Å². The van der Waals surface area contributed by atoms with Gasteiger partial charge in [0.15, 0.2) is 0 Å². The van der Waals surface area contributed by atoms with Crippen LogP contribution >= 0.6 is 0 Å². The highest BCUT2D eigenvalue weighted by Gasteiger charge is 2.03. The first-order valence-electron chi connectivity index (χ1n) is 5.11. The van der Waals surface area contributed by atoms with Gasteiger partial charge < -0.3 is 5.32 Å². The normalized spacial score (nSPS) is 12.6. The van der Waals surface area contributed by atoms with Gasteiger partial charge in [-0.2, -0.15) is 0 Å². The number of nitrogens with one attached hydrogen (secondary N) is 1. The molecule has 1 unspecified atom stereocenters. The van der Waals surface area contributed by atoms with E-state index in [2.05, 4.69) is 23.8 Å². The van der Waals surface area contributed by atoms with Crippen LogP contribution < -0.4 is 5.32 Å². The van der Waals surface area contributed by atoms with Gasteiger partial charge in [-0.25, -0.2) is 4.98 Å². The Morgan fingerprint density at radius 2 is 2.47 bits per heavy atom. The molecule has 78 valence electrons. The lowest BCUT2D eigenvalue weighted by Crippen LogP contribution is -2.15. The highest BCUT2D eigenvalue weighted by molar-refractivity contribution is 5.50. The smallest absolute Gasteiger partial charge is 0.138 e. The van der Waals surface area contributed by atoms with Crippen molar-refractivity contribution in [3.63, 3.8) is 0 Å². The molecule has 0 aliphatic carbocycles. The van der Waals surface area contributed by atoms with Crippen LogP contribution in [0.5, 0.6) is 0 Å². The summed E-state index contributed by atoms with van der Waals surface area (Å²) >= 11 is 0. The maximum absolute atomic E-state index is 4.24. The minimum atomic E-state index is 0.385. The molecule has 0 aliphatic heterocycles. The monoisotopic (exact) mass is 201 g/mol. The van der Waals surface area contributed by atoms with Crippen LogP contribution in [0.2, 0.25) is 0 Å². The predicted molar refractivity (Wildman–Crippen MR) is 63.1 cm³/mol. The van der Waals surface area contributed by atoms with Gasteiger partial charge in [0.25, 0.3) is 0 Å². The van der Waals surface area contributed by atoms with Gasteiger partial charge in [0.05, 0.1) is 0 Å². The first-order chi connectivity index (χ1) is 7.31. The summed E-state index contributed by atoms with van der Waals surface area (Å²) < 4.78 is 2.04. The summed E-state index contributed by atoms with van der Waals surface area (Å²) in [5.74, 6) is 1.07. The zero-order chi connectivity index (χ0) is 10.7. The summed E-state index contributed by atoms with van der Waals surface area (Å²) in [4.78, 5) is 4.24. The molecule has 2 aromatic rings. The lowest BCUT2D eigenvalue weighted by Gasteiger charge is -2.14. The molecule has 0 aromatic carbocycles. The molecule has 2 aromatic heterocycles. The molecule has 0 saturated carbocycles. The van der Waals surface area contributed by atoms with Crippen LogP contribution in [0.15, 0.2) is 43.2 Å². The lowest BCUT2D eigenvalue weighted by atomic mass is 10.2. The number of imidazole rings is 1. The molecule has 0 spiro atoms. The average molecular weight is 201 g/mol. The van der Waals surface area contributed by atoms with Crippen molar-refractivity contribution in [2.24, 2.45) is 0 Å². The van der Waals surface area contributed by atoms with E-state index in [1.54, 1.807) is 6.20 Å². The van der Waals surface area contributed by atoms with Crippen molar-refractivity contribution in [3.8, 4) is 0 Å². The van der Waals surface area contributed by atoms with Crippen molar-refractivity contribution in [1.82, 2.24) is 9.38 Å². The van der Waals surface area contributed by atoms with Crippen LogP contribution in [0, 0.1) is 0 Å². The van der Waals surface area contributed by atoms with Crippen molar-refractivity contribution >= 4 is 11.5 Å². The number of anilines is 1. The van der Waals surface area contributed by atoms with Gasteiger partial charge in [-0.15, -0.1) is 6.58 Å². The van der Waals surface area contributed by atoms with Crippen LogP contribution in [0.25, 0.3) is 5.65 Å². The molecule has 15 heavy (non-hydrogen) atoms. The minimum absolute atomic E-state index is 0.385. The Labute approximate surface area is 89.5 Å². The number of hydrogen-bond acceptors (Lipinski definition) is 2. The van der Waals surface area contributed by atoms with Crippen molar-refractivity contribution in [3.05, 3.63) is 43.2 Å². The molecular formula is C12H15N3. The molecule has 3 heteroatoms. The largest absolute Gasteiger partial charge is 0.368 e. The Bertz CT molecular complexity index is 459. The van der Waals surface area contributed by atoms with Crippen LogP contribution in [-0.4, -0.2) is 15.4 Å². The second kappa shape index (κ2) is 4.17. The number of nitrogens with zero attached hydrogens (tertiary/aromatic N) is 2. The molecule has 1 atom stereocenters. The molecule has 0 aliphatic rings. The third-order valence-electron chi connectivity index (χ3n) is 2.34. The molecule has 0 saturated heterocycles. The summed E-state index contributed by atoms with van der Waals surface area (Å²) in [5.41, 5.74) is 0.964. The predicted octanol–water partition coefficient (Wildman–Crippen LogP) is 2.71. The van der Waals surface area contributed by atoms with E-state index in [0.29, 0.717) is 6.04 Å². The van der Waals surface area contributed by atoms with E-state index in [9.17, 15) is 0 Å². The fraction of sp³-hybridized carbons (Fsp3) is 0.250. The van der Waals surface area contributed by atoms with Gasteiger partial charge in [0.1, 0.15) is 11.5 Å². The van der Waals surface area contributed by atoms with E-state index in [1.807, 2.05) is 34.9 Å². The lowest BCUT2D eigenvalue weighted by molar-refractivity contribution is 0.804. The molecule has 0 amide bonds. The summed E-state index contributed by atoms with van der Waals surface area (Å²) in [5, 5.41) is 3.42. The first-order valence-corrected chi connectivity index (χ1v) is 5.11. The second-order valence-electron chi connectivity index (χ2n) is 3.64. The zero-order valence-electron chi connectivity index (χ0n) is 8.85. The molecular weight excluding hydrogens is 186 g/mol. The fourth-order valence-electron chi connectivity index (χ4n) is 1.63. The van der Waals surface area contributed by atoms with E-state index in [4.69, 9.17) is 0 Å². The third-order valence-corrected chi connectivity index (χ3v) is 2.34. The van der Waals surface area contributed by atoms with Crippen LogP contribution in [0.3, 0.4) is 0 Å². The molecule has 0 fully saturated rings. The highest BCUT2D eigenvalue weighted by Crippen LogP contribution is 2.12. The van der Waals surface area contributed by atoms with Gasteiger partial charge in [0, 0.05) is 18.4 Å². The third kappa shape index (κ3) is 2.01. The SMILES string of the molecule is C=CCC(C)Nc1cccc2nccn12. The summed E-state index contributed by atoms with van der Waals surface area (Å²) in [6.07, 6.45) is 6.63. The van der Waals surface area contributed by atoms with E-state index in [1.165, 1.54) is 0 Å².